The van der Waals surface area contributed by atoms with Crippen LogP contribution < -0.4 is 5.32 Å². The first-order valence-electron chi connectivity index (χ1n) is 4.72. The maximum Gasteiger partial charge on any atom is 0.255 e. The first-order chi connectivity index (χ1) is 7.36. The van der Waals surface area contributed by atoms with Crippen LogP contribution in [0.3, 0.4) is 0 Å². The molecule has 15 heavy (non-hydrogen) atoms. The summed E-state index contributed by atoms with van der Waals surface area (Å²) in [5.41, 5.74) is 1.42. The number of para-hydroxylation sites is 1. The van der Waals surface area contributed by atoms with Crippen LogP contribution in [0.15, 0.2) is 54.5 Å². The Balaban J connectivity index is 2.01. The van der Waals surface area contributed by atoms with E-state index >= 15 is 0 Å². The molecule has 0 radical (unpaired) electrons. The molecule has 1 aliphatic heterocycles. The van der Waals surface area contributed by atoms with Crippen molar-refractivity contribution in [2.24, 2.45) is 0 Å². The number of rotatable bonds is 2. The highest BCUT2D eigenvalue weighted by Crippen LogP contribution is 2.12. The smallest absolute Gasteiger partial charge is 0.255 e. The number of hydrogen-bond acceptors (Lipinski definition) is 2. The topological polar surface area (TPSA) is 38.3 Å². The Labute approximate surface area is 88.1 Å². The van der Waals surface area contributed by atoms with Gasteiger partial charge in [0.2, 0.25) is 0 Å². The number of hydrogen-bond donors (Lipinski definition) is 1. The minimum absolute atomic E-state index is 0.120. The number of carbonyl (C=O) groups is 1. The van der Waals surface area contributed by atoms with Crippen molar-refractivity contribution >= 4 is 11.6 Å². The molecule has 1 heterocycles. The van der Waals surface area contributed by atoms with E-state index in [1.165, 1.54) is 6.26 Å². The number of benzene rings is 1. The summed E-state index contributed by atoms with van der Waals surface area (Å²) in [4.78, 5) is 11.7. The van der Waals surface area contributed by atoms with Crippen molar-refractivity contribution in [2.45, 2.75) is 6.42 Å². The lowest BCUT2D eigenvalue weighted by molar-refractivity contribution is -0.113. The summed E-state index contributed by atoms with van der Waals surface area (Å²) in [6, 6.07) is 9.35. The molecule has 0 saturated heterocycles. The number of carbonyl (C=O) groups excluding carboxylic acids is 1. The van der Waals surface area contributed by atoms with E-state index in [2.05, 4.69) is 5.32 Å². The highest BCUT2D eigenvalue weighted by atomic mass is 16.5. The van der Waals surface area contributed by atoms with E-state index in [-0.39, 0.29) is 5.91 Å². The van der Waals surface area contributed by atoms with Gasteiger partial charge in [-0.2, -0.15) is 0 Å². The molecule has 1 amide bonds. The summed E-state index contributed by atoms with van der Waals surface area (Å²) in [7, 11) is 0. The van der Waals surface area contributed by atoms with Crippen LogP contribution in [0.25, 0.3) is 0 Å². The van der Waals surface area contributed by atoms with E-state index in [0.29, 0.717) is 12.0 Å². The highest BCUT2D eigenvalue weighted by Gasteiger charge is 2.10. The predicted octanol–water partition coefficient (Wildman–Crippen LogP) is 2.44. The van der Waals surface area contributed by atoms with Crippen LogP contribution >= 0.6 is 0 Å². The largest absolute Gasteiger partial charge is 0.472 e. The number of ether oxygens (including phenoxy) is 1. The molecule has 1 aliphatic rings. The van der Waals surface area contributed by atoms with Crippen LogP contribution in [-0.4, -0.2) is 5.91 Å². The number of nitrogens with one attached hydrogen (secondary N) is 1. The van der Waals surface area contributed by atoms with E-state index in [9.17, 15) is 4.79 Å². The first kappa shape index (κ1) is 9.52. The Bertz CT molecular complexity index is 407. The third kappa shape index (κ3) is 2.47. The van der Waals surface area contributed by atoms with Gasteiger partial charge >= 0.3 is 0 Å². The van der Waals surface area contributed by atoms with Crippen molar-refractivity contribution in [1.29, 1.82) is 0 Å². The molecular formula is C12H11NO2. The second-order valence-electron chi connectivity index (χ2n) is 3.18. The lowest BCUT2D eigenvalue weighted by Gasteiger charge is -2.09. The fourth-order valence-corrected chi connectivity index (χ4v) is 1.28. The van der Waals surface area contributed by atoms with E-state index in [1.807, 2.05) is 30.3 Å². The Morgan fingerprint density at radius 3 is 2.73 bits per heavy atom. The van der Waals surface area contributed by atoms with Crippen LogP contribution in [-0.2, 0) is 9.53 Å². The van der Waals surface area contributed by atoms with E-state index < -0.39 is 0 Å². The average molecular weight is 201 g/mol. The van der Waals surface area contributed by atoms with Crippen molar-refractivity contribution in [3.8, 4) is 0 Å². The number of allylic oxidation sites excluding steroid dienone is 1. The Morgan fingerprint density at radius 2 is 2.07 bits per heavy atom. The van der Waals surface area contributed by atoms with Gasteiger partial charge in [-0.3, -0.25) is 4.79 Å². The second-order valence-corrected chi connectivity index (χ2v) is 3.18. The first-order valence-corrected chi connectivity index (χ1v) is 4.72. The van der Waals surface area contributed by atoms with Crippen molar-refractivity contribution in [1.82, 2.24) is 0 Å². The van der Waals surface area contributed by atoms with Crippen LogP contribution in [0.2, 0.25) is 0 Å². The second kappa shape index (κ2) is 4.46. The molecule has 0 atom stereocenters. The summed E-state index contributed by atoms with van der Waals surface area (Å²) in [6.45, 7) is 0. The third-order valence-electron chi connectivity index (χ3n) is 2.05. The average Bonchev–Trinajstić information content (AvgIpc) is 2.31. The fraction of sp³-hybridized carbons (Fsp3) is 0.0833. The molecule has 2 rings (SSSR count). The van der Waals surface area contributed by atoms with Gasteiger partial charge in [-0.25, -0.2) is 0 Å². The zero-order valence-corrected chi connectivity index (χ0v) is 8.14. The molecular weight excluding hydrogens is 190 g/mol. The molecule has 1 N–H and O–H groups in total. The molecule has 0 spiro atoms. The van der Waals surface area contributed by atoms with Crippen LogP contribution in [0.4, 0.5) is 5.69 Å². The van der Waals surface area contributed by atoms with Crippen LogP contribution in [0.1, 0.15) is 6.42 Å². The molecule has 0 bridgehead atoms. The quantitative estimate of drug-likeness (QED) is 0.798. The molecule has 0 saturated carbocycles. The van der Waals surface area contributed by atoms with E-state index in [4.69, 9.17) is 4.74 Å². The standard InChI is InChI=1S/C12H11NO2/c14-12(10-5-4-8-15-9-10)13-11-6-2-1-3-7-11/h1-4,6-9H,5H2,(H,13,14). The van der Waals surface area contributed by atoms with Crippen LogP contribution in [0.5, 0.6) is 0 Å². The van der Waals surface area contributed by atoms with Crippen molar-refractivity contribution in [3.05, 3.63) is 54.5 Å². The van der Waals surface area contributed by atoms with Gasteiger partial charge in [0.05, 0.1) is 18.1 Å². The predicted molar refractivity (Wildman–Crippen MR) is 58.0 cm³/mol. The Kier molecular flexibility index (Phi) is 2.83. The van der Waals surface area contributed by atoms with Gasteiger partial charge < -0.3 is 10.1 Å². The monoisotopic (exact) mass is 201 g/mol. The maximum absolute atomic E-state index is 11.7. The number of anilines is 1. The summed E-state index contributed by atoms with van der Waals surface area (Å²) < 4.78 is 4.94. The lowest BCUT2D eigenvalue weighted by atomic mass is 10.1. The molecule has 3 nitrogen and oxygen atoms in total. The molecule has 0 aliphatic carbocycles. The Morgan fingerprint density at radius 1 is 1.27 bits per heavy atom. The SMILES string of the molecule is O=C(Nc1ccccc1)C1=COC=CC1. The molecule has 3 heteroatoms. The molecule has 0 aromatic heterocycles. The highest BCUT2D eigenvalue weighted by molar-refractivity contribution is 6.03. The summed E-state index contributed by atoms with van der Waals surface area (Å²) >= 11 is 0. The minimum atomic E-state index is -0.120. The van der Waals surface area contributed by atoms with Gasteiger partial charge in [0.25, 0.3) is 5.91 Å². The zero-order chi connectivity index (χ0) is 10.5. The third-order valence-corrected chi connectivity index (χ3v) is 2.05. The van der Waals surface area contributed by atoms with Gasteiger partial charge in [0, 0.05) is 12.1 Å². The van der Waals surface area contributed by atoms with Gasteiger partial charge in [-0.15, -0.1) is 0 Å². The minimum Gasteiger partial charge on any atom is -0.472 e. The van der Waals surface area contributed by atoms with Gasteiger partial charge in [0.15, 0.2) is 0 Å². The molecule has 76 valence electrons. The molecule has 1 aromatic carbocycles. The van der Waals surface area contributed by atoms with Crippen molar-refractivity contribution < 1.29 is 9.53 Å². The maximum atomic E-state index is 11.7. The van der Waals surface area contributed by atoms with E-state index in [0.717, 1.165) is 5.69 Å². The fourth-order valence-electron chi connectivity index (χ4n) is 1.28. The summed E-state index contributed by atoms with van der Waals surface area (Å²) in [6.07, 6.45) is 5.45. The molecule has 0 fully saturated rings. The van der Waals surface area contributed by atoms with Crippen LogP contribution in [0, 0.1) is 0 Å². The van der Waals surface area contributed by atoms with Crippen molar-refractivity contribution in [3.63, 3.8) is 0 Å². The van der Waals surface area contributed by atoms with Gasteiger partial charge in [-0.05, 0) is 18.2 Å². The summed E-state index contributed by atoms with van der Waals surface area (Å²) in [5.74, 6) is -0.120. The normalized spacial score (nSPS) is 14.0. The molecule has 1 aromatic rings. The summed E-state index contributed by atoms with van der Waals surface area (Å²) in [5, 5.41) is 2.79. The lowest BCUT2D eigenvalue weighted by Crippen LogP contribution is -2.15. The van der Waals surface area contributed by atoms with Gasteiger partial charge in [-0.1, -0.05) is 18.2 Å². The van der Waals surface area contributed by atoms with Gasteiger partial charge in [0.1, 0.15) is 0 Å². The Hall–Kier alpha value is -2.03. The van der Waals surface area contributed by atoms with Crippen molar-refractivity contribution in [2.75, 3.05) is 5.32 Å². The van der Waals surface area contributed by atoms with E-state index in [1.54, 1.807) is 12.3 Å². The zero-order valence-electron chi connectivity index (χ0n) is 8.14. The number of amides is 1. The molecule has 0 unspecified atom stereocenters.